The maximum atomic E-state index is 10.9. The van der Waals surface area contributed by atoms with Crippen LogP contribution in [0, 0.1) is 0 Å². The second kappa shape index (κ2) is 4.58. The molecule has 0 aromatic heterocycles. The van der Waals surface area contributed by atoms with Crippen LogP contribution in [0.15, 0.2) is 0 Å². The van der Waals surface area contributed by atoms with E-state index < -0.39 is 5.97 Å². The molecule has 1 fully saturated rings. The molecule has 2 unspecified atom stereocenters. The van der Waals surface area contributed by atoms with Crippen LogP contribution in [-0.4, -0.2) is 47.7 Å². The lowest BCUT2D eigenvalue weighted by Gasteiger charge is -2.35. The first-order valence-corrected chi connectivity index (χ1v) is 4.85. The molecule has 1 aliphatic rings. The molecule has 76 valence electrons. The molecule has 1 rings (SSSR count). The van der Waals surface area contributed by atoms with Crippen molar-refractivity contribution in [2.24, 2.45) is 0 Å². The van der Waals surface area contributed by atoms with E-state index in [0.29, 0.717) is 12.5 Å². The molecule has 0 aromatic rings. The van der Waals surface area contributed by atoms with E-state index in [1.54, 1.807) is 0 Å². The van der Waals surface area contributed by atoms with Gasteiger partial charge >= 0.3 is 5.97 Å². The van der Waals surface area contributed by atoms with Gasteiger partial charge in [-0.15, -0.1) is 0 Å². The average Bonchev–Trinajstić information content (AvgIpc) is 2.04. The molecule has 1 aliphatic heterocycles. The van der Waals surface area contributed by atoms with Crippen molar-refractivity contribution >= 4 is 5.97 Å². The summed E-state index contributed by atoms with van der Waals surface area (Å²) in [5, 5.41) is 12.2. The van der Waals surface area contributed by atoms with Crippen LogP contribution in [-0.2, 0) is 4.79 Å². The van der Waals surface area contributed by atoms with E-state index >= 15 is 0 Å². The summed E-state index contributed by atoms with van der Waals surface area (Å²) in [6, 6.07) is 0.103. The number of nitrogens with one attached hydrogen (secondary N) is 1. The zero-order valence-electron chi connectivity index (χ0n) is 8.29. The fourth-order valence-corrected chi connectivity index (χ4v) is 1.83. The molecule has 0 aromatic carbocycles. The van der Waals surface area contributed by atoms with Crippen LogP contribution < -0.4 is 5.32 Å². The third kappa shape index (κ3) is 2.67. The fraction of sp³-hybridized carbons (Fsp3) is 0.889. The van der Waals surface area contributed by atoms with Gasteiger partial charge in [0.25, 0.3) is 0 Å². The second-order valence-corrected chi connectivity index (χ2v) is 3.61. The predicted octanol–water partition coefficient (Wildman–Crippen LogP) is 0.143. The second-order valence-electron chi connectivity index (χ2n) is 3.61. The first kappa shape index (κ1) is 10.5. The zero-order chi connectivity index (χ0) is 9.84. The van der Waals surface area contributed by atoms with Gasteiger partial charge in [0, 0.05) is 25.7 Å². The summed E-state index contributed by atoms with van der Waals surface area (Å²) in [7, 11) is 0. The molecule has 0 saturated carbocycles. The number of nitrogens with zero attached hydrogens (tertiary/aromatic N) is 1. The Morgan fingerprint density at radius 1 is 1.77 bits per heavy atom. The van der Waals surface area contributed by atoms with Gasteiger partial charge < -0.3 is 10.4 Å². The molecule has 4 nitrogen and oxygen atoms in total. The number of hydrogen-bond acceptors (Lipinski definition) is 3. The van der Waals surface area contributed by atoms with Crippen LogP contribution in [0.1, 0.15) is 20.3 Å². The number of carboxylic acids is 1. The van der Waals surface area contributed by atoms with Gasteiger partial charge in [0.15, 0.2) is 0 Å². The molecule has 0 bridgehead atoms. The van der Waals surface area contributed by atoms with Crippen LogP contribution in [0.3, 0.4) is 0 Å². The lowest BCUT2D eigenvalue weighted by molar-refractivity contribution is -0.143. The highest BCUT2D eigenvalue weighted by Crippen LogP contribution is 2.08. The van der Waals surface area contributed by atoms with E-state index in [-0.39, 0.29) is 6.04 Å². The zero-order valence-corrected chi connectivity index (χ0v) is 8.29. The monoisotopic (exact) mass is 186 g/mol. The highest BCUT2D eigenvalue weighted by Gasteiger charge is 2.26. The molecule has 2 N–H and O–H groups in total. The highest BCUT2D eigenvalue weighted by molar-refractivity contribution is 5.73. The molecule has 0 aliphatic carbocycles. The van der Waals surface area contributed by atoms with Gasteiger partial charge in [-0.3, -0.25) is 9.69 Å². The lowest BCUT2D eigenvalue weighted by Crippen LogP contribution is -2.54. The Morgan fingerprint density at radius 2 is 2.46 bits per heavy atom. The van der Waals surface area contributed by atoms with Gasteiger partial charge in [-0.1, -0.05) is 6.92 Å². The molecule has 1 saturated heterocycles. The molecule has 1 heterocycles. The summed E-state index contributed by atoms with van der Waals surface area (Å²) >= 11 is 0. The van der Waals surface area contributed by atoms with Gasteiger partial charge in [0.1, 0.15) is 6.04 Å². The van der Waals surface area contributed by atoms with E-state index in [9.17, 15) is 4.79 Å². The Morgan fingerprint density at radius 3 is 2.92 bits per heavy atom. The van der Waals surface area contributed by atoms with Gasteiger partial charge in [-0.2, -0.15) is 0 Å². The maximum absolute atomic E-state index is 10.9. The van der Waals surface area contributed by atoms with E-state index in [1.165, 1.54) is 0 Å². The van der Waals surface area contributed by atoms with E-state index in [2.05, 4.69) is 12.2 Å². The Kier molecular flexibility index (Phi) is 3.69. The number of carboxylic acid groups (broad SMARTS) is 1. The number of rotatable bonds is 3. The Labute approximate surface area is 78.9 Å². The van der Waals surface area contributed by atoms with Crippen molar-refractivity contribution in [1.29, 1.82) is 0 Å². The molecule has 0 radical (unpaired) electrons. The van der Waals surface area contributed by atoms with Crippen LogP contribution in [0.25, 0.3) is 0 Å². The molecule has 0 amide bonds. The minimum atomic E-state index is -0.698. The van der Waals surface area contributed by atoms with Crippen molar-refractivity contribution in [3.05, 3.63) is 0 Å². The molecular weight excluding hydrogens is 168 g/mol. The van der Waals surface area contributed by atoms with E-state index in [0.717, 1.165) is 19.6 Å². The molecule has 13 heavy (non-hydrogen) atoms. The standard InChI is InChI=1S/C9H18N2O2/c1-3-8(9(12)13)11-5-4-10-7(2)6-11/h7-8,10H,3-6H2,1-2H3,(H,12,13). The predicted molar refractivity (Wildman–Crippen MR) is 50.8 cm³/mol. The Balaban J connectivity index is 2.52. The lowest BCUT2D eigenvalue weighted by atomic mass is 10.1. The summed E-state index contributed by atoms with van der Waals surface area (Å²) in [5.74, 6) is -0.698. The maximum Gasteiger partial charge on any atom is 0.320 e. The number of piperazine rings is 1. The topological polar surface area (TPSA) is 52.6 Å². The van der Waals surface area contributed by atoms with Crippen molar-refractivity contribution in [2.45, 2.75) is 32.4 Å². The summed E-state index contributed by atoms with van der Waals surface area (Å²) in [5.41, 5.74) is 0. The van der Waals surface area contributed by atoms with Crippen LogP contribution >= 0.6 is 0 Å². The summed E-state index contributed by atoms with van der Waals surface area (Å²) in [6.45, 7) is 6.58. The molecular formula is C9H18N2O2. The molecule has 2 atom stereocenters. The van der Waals surface area contributed by atoms with Crippen molar-refractivity contribution in [1.82, 2.24) is 10.2 Å². The molecule has 0 spiro atoms. The first-order valence-electron chi connectivity index (χ1n) is 4.85. The summed E-state index contributed by atoms with van der Waals surface area (Å²) in [4.78, 5) is 12.9. The third-order valence-corrected chi connectivity index (χ3v) is 2.51. The van der Waals surface area contributed by atoms with Gasteiger partial charge in [-0.25, -0.2) is 0 Å². The van der Waals surface area contributed by atoms with Crippen LogP contribution in [0.2, 0.25) is 0 Å². The number of hydrogen-bond donors (Lipinski definition) is 2. The van der Waals surface area contributed by atoms with Gasteiger partial charge in [0.2, 0.25) is 0 Å². The third-order valence-electron chi connectivity index (χ3n) is 2.51. The van der Waals surface area contributed by atoms with Gasteiger partial charge in [0.05, 0.1) is 0 Å². The fourth-order valence-electron chi connectivity index (χ4n) is 1.83. The number of carbonyl (C=O) groups is 1. The Bertz CT molecular complexity index is 184. The van der Waals surface area contributed by atoms with Crippen LogP contribution in [0.5, 0.6) is 0 Å². The first-order chi connectivity index (χ1) is 6.15. The SMILES string of the molecule is CCC(C(=O)O)N1CCNC(C)C1. The van der Waals surface area contributed by atoms with Crippen molar-refractivity contribution in [2.75, 3.05) is 19.6 Å². The van der Waals surface area contributed by atoms with Crippen molar-refractivity contribution < 1.29 is 9.90 Å². The van der Waals surface area contributed by atoms with E-state index in [1.807, 2.05) is 11.8 Å². The minimum absolute atomic E-state index is 0.301. The van der Waals surface area contributed by atoms with E-state index in [4.69, 9.17) is 5.11 Å². The Hall–Kier alpha value is -0.610. The molecule has 4 heteroatoms. The average molecular weight is 186 g/mol. The normalized spacial score (nSPS) is 27.1. The smallest absolute Gasteiger partial charge is 0.320 e. The highest BCUT2D eigenvalue weighted by atomic mass is 16.4. The largest absolute Gasteiger partial charge is 0.480 e. The quantitative estimate of drug-likeness (QED) is 0.658. The number of aliphatic carboxylic acids is 1. The summed E-state index contributed by atoms with van der Waals surface area (Å²) in [6.07, 6.45) is 0.683. The van der Waals surface area contributed by atoms with Crippen molar-refractivity contribution in [3.8, 4) is 0 Å². The minimum Gasteiger partial charge on any atom is -0.480 e. The van der Waals surface area contributed by atoms with Crippen LogP contribution in [0.4, 0.5) is 0 Å². The van der Waals surface area contributed by atoms with Gasteiger partial charge in [-0.05, 0) is 13.3 Å². The van der Waals surface area contributed by atoms with Crippen molar-refractivity contribution in [3.63, 3.8) is 0 Å². The summed E-state index contributed by atoms with van der Waals surface area (Å²) < 4.78 is 0.